The molecular weight excluding hydrogens is 118 g/mol. The molecule has 7 N–H and O–H groups in total. The molecule has 0 saturated heterocycles. The Morgan fingerprint density at radius 1 is 0.800 bits per heavy atom. The molecular formula is H7FeNO3. The summed E-state index contributed by atoms with van der Waals surface area (Å²) in [6.07, 6.45) is 0. The van der Waals surface area contributed by atoms with E-state index in [4.69, 9.17) is 0 Å². The van der Waals surface area contributed by atoms with Gasteiger partial charge in [0.25, 0.3) is 0 Å². The van der Waals surface area contributed by atoms with Crippen LogP contribution < -0.4 is 6.15 Å². The summed E-state index contributed by atoms with van der Waals surface area (Å²) in [5.74, 6) is 0. The largest absolute Gasteiger partial charge is 2.00 e. The van der Waals surface area contributed by atoms with Gasteiger partial charge in [-0.1, -0.05) is 0 Å². The Labute approximate surface area is 40.5 Å². The van der Waals surface area contributed by atoms with Crippen molar-refractivity contribution in [2.24, 2.45) is 0 Å². The van der Waals surface area contributed by atoms with Crippen molar-refractivity contribution in [2.45, 2.75) is 0 Å². The minimum absolute atomic E-state index is 0. The SMILES string of the molecule is N.O.O.[Fe+2].[O-2]. The molecule has 0 aliphatic rings. The number of rotatable bonds is 0. The maximum atomic E-state index is 0. The quantitative estimate of drug-likeness (QED) is 0.384. The first-order valence-corrected chi connectivity index (χ1v) is 0. The molecule has 0 aliphatic heterocycles. The molecule has 0 aromatic heterocycles. The average Bonchev–Trinajstić information content (AvgIpc) is 0. The van der Waals surface area contributed by atoms with Gasteiger partial charge in [-0.3, -0.25) is 0 Å². The monoisotopic (exact) mass is 125 g/mol. The third-order valence-electron chi connectivity index (χ3n) is 0. The maximum absolute atomic E-state index is 0. The summed E-state index contributed by atoms with van der Waals surface area (Å²) in [4.78, 5) is 0. The Balaban J connectivity index is 0. The van der Waals surface area contributed by atoms with E-state index < -0.39 is 0 Å². The van der Waals surface area contributed by atoms with E-state index in [-0.39, 0.29) is 39.6 Å². The van der Waals surface area contributed by atoms with Gasteiger partial charge >= 0.3 is 17.1 Å². The molecule has 0 saturated carbocycles. The van der Waals surface area contributed by atoms with Gasteiger partial charge in [-0.2, -0.15) is 0 Å². The number of hydrogen-bond donors (Lipinski definition) is 1. The molecule has 0 atom stereocenters. The normalized spacial score (nSPS) is 0. The van der Waals surface area contributed by atoms with Gasteiger partial charge in [-0.15, -0.1) is 0 Å². The topological polar surface area (TPSA) is 126 Å². The summed E-state index contributed by atoms with van der Waals surface area (Å²) in [5.41, 5.74) is 0. The molecule has 0 bridgehead atoms. The Morgan fingerprint density at radius 2 is 0.800 bits per heavy atom. The first kappa shape index (κ1) is 788. The summed E-state index contributed by atoms with van der Waals surface area (Å²) in [6.45, 7) is 0. The van der Waals surface area contributed by atoms with Crippen molar-refractivity contribution in [1.29, 1.82) is 0 Å². The van der Waals surface area contributed by atoms with E-state index in [2.05, 4.69) is 0 Å². The fraction of sp³-hybridized carbons (Fsp3) is 0. The second-order valence-electron chi connectivity index (χ2n) is 0. The standard InChI is InChI=1S/Fe.H3N.2H2O.O/h;1H3;2*1H2;/q+2;;;;-2. The van der Waals surface area contributed by atoms with E-state index in [0.29, 0.717) is 0 Å². The van der Waals surface area contributed by atoms with Crippen LogP contribution in [0.1, 0.15) is 0 Å². The predicted octanol–water partition coefficient (Wildman–Crippen LogP) is -1.61. The van der Waals surface area contributed by atoms with Gasteiger partial charge in [0.05, 0.1) is 0 Å². The van der Waals surface area contributed by atoms with E-state index in [0.717, 1.165) is 0 Å². The summed E-state index contributed by atoms with van der Waals surface area (Å²) in [5, 5.41) is 0. The van der Waals surface area contributed by atoms with E-state index in [1.807, 2.05) is 0 Å². The van der Waals surface area contributed by atoms with Crippen LogP contribution in [0.15, 0.2) is 0 Å². The smallest absolute Gasteiger partial charge is 2.00 e. The van der Waals surface area contributed by atoms with Crippen LogP contribution in [0, 0.1) is 0 Å². The van der Waals surface area contributed by atoms with Crippen LogP contribution in [0.25, 0.3) is 0 Å². The molecule has 4 nitrogen and oxygen atoms in total. The van der Waals surface area contributed by atoms with Gasteiger partial charge in [0.1, 0.15) is 0 Å². The molecule has 0 rings (SSSR count). The van der Waals surface area contributed by atoms with Crippen LogP contribution in [0.5, 0.6) is 0 Å². The van der Waals surface area contributed by atoms with Crippen LogP contribution >= 0.6 is 0 Å². The fourth-order valence-corrected chi connectivity index (χ4v) is 0. The Morgan fingerprint density at radius 3 is 0.800 bits per heavy atom. The minimum atomic E-state index is 0. The second-order valence-corrected chi connectivity index (χ2v) is 0. The first-order valence-electron chi connectivity index (χ1n) is 0. The van der Waals surface area contributed by atoms with Crippen LogP contribution in [0.2, 0.25) is 0 Å². The van der Waals surface area contributed by atoms with Gasteiger partial charge < -0.3 is 22.6 Å². The van der Waals surface area contributed by atoms with E-state index in [1.54, 1.807) is 0 Å². The zero-order valence-corrected chi connectivity index (χ0v) is 3.57. The van der Waals surface area contributed by atoms with Crippen molar-refractivity contribution in [3.63, 3.8) is 0 Å². The number of hydrogen-bond acceptors (Lipinski definition) is 1. The van der Waals surface area contributed by atoms with Crippen LogP contribution in [0.4, 0.5) is 0 Å². The maximum Gasteiger partial charge on any atom is 2.00 e. The van der Waals surface area contributed by atoms with Crippen LogP contribution in [-0.4, -0.2) is 11.0 Å². The van der Waals surface area contributed by atoms with Gasteiger partial charge in [-0.25, -0.2) is 0 Å². The summed E-state index contributed by atoms with van der Waals surface area (Å²) in [6, 6.07) is 0. The van der Waals surface area contributed by atoms with Crippen molar-refractivity contribution >= 4 is 0 Å². The molecule has 0 amide bonds. The molecule has 0 unspecified atom stereocenters. The molecule has 5 heteroatoms. The van der Waals surface area contributed by atoms with Gasteiger partial charge in [0.2, 0.25) is 0 Å². The zero-order chi connectivity index (χ0) is 0. The first-order chi connectivity index (χ1) is 0. The molecule has 38 valence electrons. The minimum Gasteiger partial charge on any atom is -2.00 e. The molecule has 0 heterocycles. The van der Waals surface area contributed by atoms with Crippen molar-refractivity contribution in [3.8, 4) is 0 Å². The molecule has 0 fully saturated rings. The Kier molecular flexibility index (Phi) is 60000. The molecule has 5 heavy (non-hydrogen) atoms. The van der Waals surface area contributed by atoms with Gasteiger partial charge in [0.15, 0.2) is 0 Å². The van der Waals surface area contributed by atoms with E-state index in [1.165, 1.54) is 0 Å². The third kappa shape index (κ3) is 188. The summed E-state index contributed by atoms with van der Waals surface area (Å²) < 4.78 is 0. The van der Waals surface area contributed by atoms with Crippen molar-refractivity contribution < 1.29 is 33.5 Å². The molecule has 0 radical (unpaired) electrons. The second kappa shape index (κ2) is 381. The van der Waals surface area contributed by atoms with E-state index in [9.17, 15) is 0 Å². The zero-order valence-electron chi connectivity index (χ0n) is 2.47. The third-order valence-corrected chi connectivity index (χ3v) is 0. The molecule has 0 spiro atoms. The van der Waals surface area contributed by atoms with Crippen molar-refractivity contribution in [1.82, 2.24) is 6.15 Å². The summed E-state index contributed by atoms with van der Waals surface area (Å²) in [7, 11) is 0. The molecule has 0 aliphatic carbocycles. The average molecular weight is 125 g/mol. The summed E-state index contributed by atoms with van der Waals surface area (Å²) >= 11 is 0. The van der Waals surface area contributed by atoms with Gasteiger partial charge in [0, 0.05) is 0 Å². The fourth-order valence-electron chi connectivity index (χ4n) is 0. The van der Waals surface area contributed by atoms with Crippen molar-refractivity contribution in [2.75, 3.05) is 0 Å². The Hall–Kier alpha value is 0.359. The van der Waals surface area contributed by atoms with Crippen LogP contribution in [0.3, 0.4) is 0 Å². The van der Waals surface area contributed by atoms with E-state index >= 15 is 0 Å². The predicted molar refractivity (Wildman–Crippen MR) is 12.9 cm³/mol. The van der Waals surface area contributed by atoms with Gasteiger partial charge in [-0.05, 0) is 0 Å². The van der Waals surface area contributed by atoms with Crippen LogP contribution in [-0.2, 0) is 22.5 Å². The molecule has 0 aromatic carbocycles. The Bertz CT molecular complexity index is 6.85. The molecule has 0 aromatic rings. The van der Waals surface area contributed by atoms with Crippen molar-refractivity contribution in [3.05, 3.63) is 0 Å².